The third kappa shape index (κ3) is 4.69. The molecular weight excluding hydrogens is 610 g/mol. The van der Waals surface area contributed by atoms with E-state index in [0.717, 1.165) is 36.5 Å². The van der Waals surface area contributed by atoms with Gasteiger partial charge in [0.15, 0.2) is 0 Å². The molecule has 2 fully saturated rings. The van der Waals surface area contributed by atoms with Crippen molar-refractivity contribution in [3.63, 3.8) is 0 Å². The number of fused-ring (bicyclic) bond motifs is 4. The zero-order valence-corrected chi connectivity index (χ0v) is 25.4. The molecule has 0 aliphatic carbocycles. The molecular formula is C30H27Cl2FN8OS. The van der Waals surface area contributed by atoms with Gasteiger partial charge in [0.25, 0.3) is 5.91 Å². The van der Waals surface area contributed by atoms with Gasteiger partial charge in [-0.1, -0.05) is 35.3 Å². The molecule has 0 N–H and O–H groups in total. The van der Waals surface area contributed by atoms with E-state index in [1.807, 2.05) is 6.07 Å². The van der Waals surface area contributed by atoms with E-state index < -0.39 is 6.17 Å². The van der Waals surface area contributed by atoms with Gasteiger partial charge >= 0.3 is 0 Å². The maximum atomic E-state index is 14.0. The minimum atomic E-state index is -0.967. The number of rotatable bonds is 6. The Morgan fingerprint density at radius 1 is 1.12 bits per heavy atom. The lowest BCUT2D eigenvalue weighted by molar-refractivity contribution is -0.118. The molecule has 3 aromatic heterocycles. The molecule has 5 aromatic rings. The Labute approximate surface area is 261 Å². The van der Waals surface area contributed by atoms with Crippen LogP contribution in [0.1, 0.15) is 17.8 Å². The molecule has 2 saturated heterocycles. The van der Waals surface area contributed by atoms with E-state index in [4.69, 9.17) is 28.3 Å². The first kappa shape index (κ1) is 27.1. The van der Waals surface area contributed by atoms with Crippen molar-refractivity contribution in [2.24, 2.45) is 0 Å². The number of carbonyl (C=O) groups excluding carboxylic acids is 1. The molecule has 9 nitrogen and oxygen atoms in total. The Morgan fingerprint density at radius 2 is 1.98 bits per heavy atom. The molecule has 0 spiro atoms. The molecule has 8 rings (SSSR count). The van der Waals surface area contributed by atoms with Crippen LogP contribution < -0.4 is 9.91 Å². The van der Waals surface area contributed by atoms with Gasteiger partial charge in [0, 0.05) is 72.5 Å². The van der Waals surface area contributed by atoms with E-state index >= 15 is 0 Å². The molecule has 13 heteroatoms. The van der Waals surface area contributed by atoms with Crippen molar-refractivity contribution in [2.45, 2.75) is 38.0 Å². The Balaban J connectivity index is 1.12. The quantitative estimate of drug-likeness (QED) is 0.245. The highest BCUT2D eigenvalue weighted by atomic mass is 35.5. The van der Waals surface area contributed by atoms with Gasteiger partial charge in [-0.25, -0.2) is 14.4 Å². The second-order valence-corrected chi connectivity index (χ2v) is 13.0. The summed E-state index contributed by atoms with van der Waals surface area (Å²) in [6.07, 6.45) is 5.36. The van der Waals surface area contributed by atoms with Gasteiger partial charge in [-0.2, -0.15) is 9.80 Å². The van der Waals surface area contributed by atoms with Crippen molar-refractivity contribution in [3.05, 3.63) is 75.9 Å². The normalized spacial score (nSPS) is 21.1. The molecule has 0 saturated carbocycles. The summed E-state index contributed by atoms with van der Waals surface area (Å²) < 4.78 is 15.8. The Kier molecular flexibility index (Phi) is 6.66. The van der Waals surface area contributed by atoms with E-state index in [1.165, 1.54) is 39.8 Å². The lowest BCUT2D eigenvalue weighted by Gasteiger charge is -2.36. The summed E-state index contributed by atoms with van der Waals surface area (Å²) >= 11 is 15.1. The largest absolute Gasteiger partial charge is 0.366 e. The Hall–Kier alpha value is -3.51. The standard InChI is InChI=1S/C30H27Cl2FN8OS/c31-24-12-22(18-1-3-20(4-2-18)39-9-8-37-7-5-21(39)15-37)28(32)29-23(24)16-40(36-29)41(30-34-6-10-43-30)27(42)13-25-26-11-19(33)14-38(26)17-35-25/h1-4,6,10,12,16-17,19,21H,5,7-9,11,13-15H2/t19-,21?/m1/s1. The van der Waals surface area contributed by atoms with Crippen LogP contribution in [-0.4, -0.2) is 73.6 Å². The highest BCUT2D eigenvalue weighted by Crippen LogP contribution is 2.39. The minimum Gasteiger partial charge on any atom is -0.366 e. The predicted molar refractivity (Wildman–Crippen MR) is 167 cm³/mol. The summed E-state index contributed by atoms with van der Waals surface area (Å²) in [4.78, 5) is 29.0. The van der Waals surface area contributed by atoms with Crippen molar-refractivity contribution >= 4 is 62.2 Å². The smallest absolute Gasteiger partial charge is 0.255 e. The average Bonchev–Trinajstić information content (AvgIpc) is 3.84. The first-order valence-electron chi connectivity index (χ1n) is 14.3. The Morgan fingerprint density at radius 3 is 2.79 bits per heavy atom. The number of anilines is 2. The number of amides is 1. The van der Waals surface area contributed by atoms with Gasteiger partial charge in [-0.05, 0) is 30.2 Å². The van der Waals surface area contributed by atoms with Crippen LogP contribution in [0.5, 0.6) is 0 Å². The third-order valence-corrected chi connectivity index (χ3v) is 10.2. The predicted octanol–water partition coefficient (Wildman–Crippen LogP) is 5.49. The summed E-state index contributed by atoms with van der Waals surface area (Å²) in [5.41, 5.74) is 4.70. The number of nitrogens with zero attached hydrogens (tertiary/aromatic N) is 8. The van der Waals surface area contributed by atoms with Gasteiger partial charge in [-0.3, -0.25) is 9.69 Å². The molecule has 3 aliphatic heterocycles. The molecule has 3 atom stereocenters. The van der Waals surface area contributed by atoms with E-state index in [2.05, 4.69) is 44.0 Å². The number of hydrogen-bond donors (Lipinski definition) is 0. The number of halogens is 3. The monoisotopic (exact) mass is 636 g/mol. The van der Waals surface area contributed by atoms with Gasteiger partial charge < -0.3 is 9.47 Å². The van der Waals surface area contributed by atoms with Crippen LogP contribution in [0.2, 0.25) is 10.0 Å². The van der Waals surface area contributed by atoms with Crippen LogP contribution in [0.15, 0.2) is 54.4 Å². The molecule has 6 heterocycles. The van der Waals surface area contributed by atoms with Crippen LogP contribution in [0, 0.1) is 0 Å². The molecule has 1 amide bonds. The van der Waals surface area contributed by atoms with Crippen molar-refractivity contribution in [3.8, 4) is 11.1 Å². The number of aromatic nitrogens is 5. The highest BCUT2D eigenvalue weighted by Gasteiger charge is 2.33. The maximum Gasteiger partial charge on any atom is 0.255 e. The van der Waals surface area contributed by atoms with E-state index in [-0.39, 0.29) is 25.3 Å². The van der Waals surface area contributed by atoms with Gasteiger partial charge in [0.2, 0.25) is 5.13 Å². The second-order valence-electron chi connectivity index (χ2n) is 11.3. The van der Waals surface area contributed by atoms with Crippen LogP contribution >= 0.6 is 34.5 Å². The number of imidazole rings is 1. The van der Waals surface area contributed by atoms with Crippen LogP contribution in [0.25, 0.3) is 22.0 Å². The van der Waals surface area contributed by atoms with E-state index in [0.29, 0.717) is 37.8 Å². The van der Waals surface area contributed by atoms with Crippen LogP contribution in [-0.2, 0) is 24.2 Å². The summed E-state index contributed by atoms with van der Waals surface area (Å²) in [7, 11) is 0. The molecule has 43 heavy (non-hydrogen) atoms. The molecule has 0 radical (unpaired) electrons. The topological polar surface area (TPSA) is 75.3 Å². The molecule has 2 bridgehead atoms. The fraction of sp³-hybridized carbons (Fsp3) is 0.333. The summed E-state index contributed by atoms with van der Waals surface area (Å²) in [5, 5.41) is 9.89. The van der Waals surface area contributed by atoms with E-state index in [1.54, 1.807) is 28.7 Å². The lowest BCUT2D eigenvalue weighted by atomic mass is 10.0. The van der Waals surface area contributed by atoms with Gasteiger partial charge in [0.1, 0.15) is 11.7 Å². The van der Waals surface area contributed by atoms with Crippen molar-refractivity contribution in [1.29, 1.82) is 0 Å². The fourth-order valence-corrected chi connectivity index (χ4v) is 7.81. The number of alkyl halides is 1. The lowest BCUT2D eigenvalue weighted by Crippen LogP contribution is -2.46. The van der Waals surface area contributed by atoms with Crippen molar-refractivity contribution in [2.75, 3.05) is 36.1 Å². The minimum absolute atomic E-state index is 0.0280. The number of thiazole rings is 1. The van der Waals surface area contributed by atoms with E-state index in [9.17, 15) is 9.18 Å². The molecule has 220 valence electrons. The Bertz CT molecular complexity index is 1840. The van der Waals surface area contributed by atoms with Crippen LogP contribution in [0.4, 0.5) is 15.2 Å². The number of hydrogen-bond acceptors (Lipinski definition) is 7. The molecule has 2 aromatic carbocycles. The number of benzene rings is 2. The van der Waals surface area contributed by atoms with Gasteiger partial charge in [-0.15, -0.1) is 16.4 Å². The van der Waals surface area contributed by atoms with Crippen LogP contribution in [0.3, 0.4) is 0 Å². The first-order valence-corrected chi connectivity index (χ1v) is 15.9. The van der Waals surface area contributed by atoms with Gasteiger partial charge in [0.05, 0.1) is 41.2 Å². The zero-order chi connectivity index (χ0) is 29.2. The van der Waals surface area contributed by atoms with Crippen molar-refractivity contribution < 1.29 is 9.18 Å². The number of piperazine rings is 1. The number of carbonyl (C=O) groups is 1. The maximum absolute atomic E-state index is 14.0. The molecule has 3 aliphatic rings. The SMILES string of the molecule is O=C(Cc1ncn2c1C[C@@H](F)C2)N(c1nccs1)n1cc2c(Cl)cc(-c3ccc(N4CCN5CCC4C5)cc3)c(Cl)c2n1. The first-order chi connectivity index (χ1) is 20.9. The highest BCUT2D eigenvalue weighted by molar-refractivity contribution is 7.13. The summed E-state index contributed by atoms with van der Waals surface area (Å²) in [6.45, 7) is 4.70. The van der Waals surface area contributed by atoms with Crippen molar-refractivity contribution in [1.82, 2.24) is 29.3 Å². The fourth-order valence-electron chi connectivity index (χ4n) is 6.60. The summed E-state index contributed by atoms with van der Waals surface area (Å²) in [5.74, 6) is -0.308. The summed E-state index contributed by atoms with van der Waals surface area (Å²) in [6, 6.07) is 10.9. The average molecular weight is 638 g/mol. The zero-order valence-electron chi connectivity index (χ0n) is 23.0. The molecule has 2 unspecified atom stereocenters. The third-order valence-electron chi connectivity index (χ3n) is 8.73. The second kappa shape index (κ2) is 10.6.